The van der Waals surface area contributed by atoms with Gasteiger partial charge in [-0.2, -0.15) is 0 Å². The van der Waals surface area contributed by atoms with Crippen molar-refractivity contribution in [2.24, 2.45) is 5.92 Å². The highest BCUT2D eigenvalue weighted by molar-refractivity contribution is 5.83. The van der Waals surface area contributed by atoms with Crippen LogP contribution in [0.4, 0.5) is 8.78 Å². The van der Waals surface area contributed by atoms with Crippen molar-refractivity contribution in [2.45, 2.75) is 31.6 Å². The average Bonchev–Trinajstić information content (AvgIpc) is 3.11. The number of ketones is 1. The number of benzene rings is 1. The van der Waals surface area contributed by atoms with E-state index in [0.717, 1.165) is 12.8 Å². The van der Waals surface area contributed by atoms with E-state index in [4.69, 9.17) is 0 Å². The first-order chi connectivity index (χ1) is 7.59. The fourth-order valence-corrected chi connectivity index (χ4v) is 1.72. The molecule has 1 aromatic rings. The van der Waals surface area contributed by atoms with E-state index in [9.17, 15) is 13.6 Å². The van der Waals surface area contributed by atoms with Crippen LogP contribution >= 0.6 is 0 Å². The molecule has 0 unspecified atom stereocenters. The largest absolute Gasteiger partial charge is 0.299 e. The summed E-state index contributed by atoms with van der Waals surface area (Å²) in [6.07, 6.45) is 1.39. The summed E-state index contributed by atoms with van der Waals surface area (Å²) in [6, 6.07) is 7.69. The lowest BCUT2D eigenvalue weighted by Gasteiger charge is -2.15. The van der Waals surface area contributed by atoms with E-state index in [0.29, 0.717) is 0 Å². The number of carbonyl (C=O) groups excluding carboxylic acids is 1. The topological polar surface area (TPSA) is 17.1 Å². The molecule has 0 N–H and O–H groups in total. The second kappa shape index (κ2) is 4.32. The van der Waals surface area contributed by atoms with Gasteiger partial charge in [0, 0.05) is 24.3 Å². The summed E-state index contributed by atoms with van der Waals surface area (Å²) < 4.78 is 27.3. The zero-order valence-corrected chi connectivity index (χ0v) is 8.96. The van der Waals surface area contributed by atoms with Gasteiger partial charge in [-0.15, -0.1) is 0 Å². The number of Topliss-reactive ketones (excluding diaryl/α,β-unsaturated/α-hetero) is 1. The molecule has 86 valence electrons. The quantitative estimate of drug-likeness (QED) is 0.747. The van der Waals surface area contributed by atoms with Crippen molar-refractivity contribution in [3.8, 4) is 0 Å². The minimum atomic E-state index is -2.88. The smallest absolute Gasteiger partial charge is 0.273 e. The van der Waals surface area contributed by atoms with Gasteiger partial charge in [0.1, 0.15) is 5.78 Å². The Hall–Kier alpha value is -1.25. The van der Waals surface area contributed by atoms with E-state index in [1.54, 1.807) is 18.2 Å². The van der Waals surface area contributed by atoms with Crippen LogP contribution in [-0.4, -0.2) is 5.78 Å². The summed E-state index contributed by atoms with van der Waals surface area (Å²) in [5.41, 5.74) is -0.00130. The van der Waals surface area contributed by atoms with Gasteiger partial charge in [-0.3, -0.25) is 4.79 Å². The third-order valence-electron chi connectivity index (χ3n) is 2.91. The van der Waals surface area contributed by atoms with Crippen LogP contribution in [-0.2, 0) is 10.7 Å². The molecule has 0 spiro atoms. The normalized spacial score (nSPS) is 16.1. The molecule has 16 heavy (non-hydrogen) atoms. The molecule has 1 aromatic carbocycles. The molecule has 0 aliphatic heterocycles. The Balaban J connectivity index is 1.94. The zero-order valence-electron chi connectivity index (χ0n) is 8.96. The van der Waals surface area contributed by atoms with Crippen LogP contribution in [0.15, 0.2) is 30.3 Å². The molecule has 1 aliphatic carbocycles. The summed E-state index contributed by atoms with van der Waals surface area (Å²) in [5.74, 6) is -2.81. The van der Waals surface area contributed by atoms with Crippen LogP contribution in [0.2, 0.25) is 0 Å². The van der Waals surface area contributed by atoms with Crippen LogP contribution < -0.4 is 0 Å². The van der Waals surface area contributed by atoms with Crippen molar-refractivity contribution in [1.82, 2.24) is 0 Å². The van der Waals surface area contributed by atoms with Gasteiger partial charge in [-0.1, -0.05) is 30.3 Å². The van der Waals surface area contributed by atoms with Crippen molar-refractivity contribution >= 4 is 5.78 Å². The molecule has 2 rings (SSSR count). The fourth-order valence-electron chi connectivity index (χ4n) is 1.72. The molecule has 0 saturated heterocycles. The molecule has 0 bridgehead atoms. The van der Waals surface area contributed by atoms with Crippen molar-refractivity contribution in [3.05, 3.63) is 35.9 Å². The lowest BCUT2D eigenvalue weighted by Crippen LogP contribution is -2.15. The number of carbonyl (C=O) groups is 1. The van der Waals surface area contributed by atoms with E-state index in [2.05, 4.69) is 0 Å². The molecule has 3 heteroatoms. The molecule has 0 heterocycles. The zero-order chi connectivity index (χ0) is 11.6. The molecule has 1 nitrogen and oxygen atoms in total. The van der Waals surface area contributed by atoms with E-state index in [1.807, 2.05) is 0 Å². The van der Waals surface area contributed by atoms with Crippen molar-refractivity contribution in [1.29, 1.82) is 0 Å². The molecule has 0 atom stereocenters. The minimum absolute atomic E-state index is 0.00130. The van der Waals surface area contributed by atoms with Gasteiger partial charge >= 0.3 is 0 Å². The van der Waals surface area contributed by atoms with Crippen LogP contribution in [0, 0.1) is 5.92 Å². The molecule has 0 aromatic heterocycles. The van der Waals surface area contributed by atoms with Crippen LogP contribution in [0.3, 0.4) is 0 Å². The maximum Gasteiger partial charge on any atom is 0.273 e. The van der Waals surface area contributed by atoms with Gasteiger partial charge in [-0.05, 0) is 12.8 Å². The number of alkyl halides is 2. The highest BCUT2D eigenvalue weighted by Crippen LogP contribution is 2.36. The lowest BCUT2D eigenvalue weighted by atomic mass is 10.0. The number of halogens is 2. The van der Waals surface area contributed by atoms with Crippen molar-refractivity contribution < 1.29 is 13.6 Å². The first-order valence-corrected chi connectivity index (χ1v) is 5.56. The summed E-state index contributed by atoms with van der Waals surface area (Å²) in [4.78, 5) is 11.3. The summed E-state index contributed by atoms with van der Waals surface area (Å²) in [7, 11) is 0. The fraction of sp³-hybridized carbons (Fsp3) is 0.462. The average molecular weight is 224 g/mol. The third-order valence-corrected chi connectivity index (χ3v) is 2.91. The Morgan fingerprint density at radius 3 is 2.44 bits per heavy atom. The monoisotopic (exact) mass is 224 g/mol. The van der Waals surface area contributed by atoms with E-state index < -0.39 is 5.92 Å². The highest BCUT2D eigenvalue weighted by Gasteiger charge is 2.35. The molecule has 1 aliphatic rings. The van der Waals surface area contributed by atoms with Gasteiger partial charge in [-0.25, -0.2) is 8.78 Å². The third kappa shape index (κ3) is 2.65. The first-order valence-electron chi connectivity index (χ1n) is 5.56. The maximum atomic E-state index is 13.6. The Morgan fingerprint density at radius 2 is 1.88 bits per heavy atom. The van der Waals surface area contributed by atoms with E-state index in [1.165, 1.54) is 12.1 Å². The van der Waals surface area contributed by atoms with Gasteiger partial charge in [0.05, 0.1) is 0 Å². The number of rotatable bonds is 5. The van der Waals surface area contributed by atoms with E-state index >= 15 is 0 Å². The Labute approximate surface area is 93.5 Å². The van der Waals surface area contributed by atoms with Gasteiger partial charge < -0.3 is 0 Å². The molecule has 0 amide bonds. The Morgan fingerprint density at radius 1 is 1.25 bits per heavy atom. The number of hydrogen-bond donors (Lipinski definition) is 0. The Bertz CT molecular complexity index is 369. The lowest BCUT2D eigenvalue weighted by molar-refractivity contribution is -0.122. The molecule has 1 fully saturated rings. The molecular formula is C13H14F2O. The van der Waals surface area contributed by atoms with Gasteiger partial charge in [0.15, 0.2) is 0 Å². The minimum Gasteiger partial charge on any atom is -0.299 e. The second-order valence-corrected chi connectivity index (χ2v) is 4.31. The Kier molecular flexibility index (Phi) is 3.03. The second-order valence-electron chi connectivity index (χ2n) is 4.31. The summed E-state index contributed by atoms with van der Waals surface area (Å²) in [6.45, 7) is 0. The van der Waals surface area contributed by atoms with Crippen molar-refractivity contribution in [3.63, 3.8) is 0 Å². The summed E-state index contributed by atoms with van der Waals surface area (Å²) >= 11 is 0. The van der Waals surface area contributed by atoms with Gasteiger partial charge in [0.2, 0.25) is 0 Å². The van der Waals surface area contributed by atoms with Crippen LogP contribution in [0.1, 0.15) is 31.2 Å². The van der Waals surface area contributed by atoms with Crippen molar-refractivity contribution in [2.75, 3.05) is 0 Å². The predicted octanol–water partition coefficient (Wildman–Crippen LogP) is 3.54. The van der Waals surface area contributed by atoms with Gasteiger partial charge in [0.25, 0.3) is 5.92 Å². The van der Waals surface area contributed by atoms with Crippen LogP contribution in [0.25, 0.3) is 0 Å². The first kappa shape index (κ1) is 11.2. The maximum absolute atomic E-state index is 13.6. The predicted molar refractivity (Wildman–Crippen MR) is 57.3 cm³/mol. The van der Waals surface area contributed by atoms with E-state index in [-0.39, 0.29) is 30.1 Å². The summed E-state index contributed by atoms with van der Waals surface area (Å²) in [5, 5.41) is 0. The SMILES string of the molecule is O=C(CCC(F)(F)c1ccccc1)C1CC1. The standard InChI is InChI=1S/C13H14F2O/c14-13(15,11-4-2-1-3-5-11)9-8-12(16)10-6-7-10/h1-5,10H,6-9H2. The molecule has 1 saturated carbocycles. The highest BCUT2D eigenvalue weighted by atomic mass is 19.3. The van der Waals surface area contributed by atoms with Crippen LogP contribution in [0.5, 0.6) is 0 Å². The number of hydrogen-bond acceptors (Lipinski definition) is 1. The molecular weight excluding hydrogens is 210 g/mol. The molecule has 0 radical (unpaired) electrons.